The molecule has 0 N–H and O–H groups in total. The maximum atomic E-state index is 5.83. The van der Waals surface area contributed by atoms with Gasteiger partial charge in [0, 0.05) is 11.6 Å². The zero-order chi connectivity index (χ0) is 13.2. The van der Waals surface area contributed by atoms with Crippen LogP contribution in [0.4, 0.5) is 0 Å². The number of fused-ring (bicyclic) bond motifs is 1. The molecule has 0 amide bonds. The molecule has 3 aromatic rings. The summed E-state index contributed by atoms with van der Waals surface area (Å²) in [5.74, 6) is 0.695. The summed E-state index contributed by atoms with van der Waals surface area (Å²) in [6.45, 7) is 0. The van der Waals surface area contributed by atoms with Crippen molar-refractivity contribution in [1.29, 1.82) is 0 Å². The van der Waals surface area contributed by atoms with Crippen LogP contribution in [0.5, 0.6) is 5.75 Å². The normalized spacial score (nSPS) is 10.6. The fourth-order valence-corrected chi connectivity index (χ4v) is 2.18. The topological polar surface area (TPSA) is 35.0 Å². The van der Waals surface area contributed by atoms with Crippen LogP contribution >= 0.6 is 11.6 Å². The largest absolute Gasteiger partial charge is 0.494 e. The molecule has 0 unspecified atom stereocenters. The van der Waals surface area contributed by atoms with Gasteiger partial charge in [-0.1, -0.05) is 30.3 Å². The average Bonchev–Trinajstić information content (AvgIpc) is 2.47. The molecule has 0 fully saturated rings. The van der Waals surface area contributed by atoms with E-state index in [0.717, 1.165) is 22.0 Å². The van der Waals surface area contributed by atoms with Gasteiger partial charge in [-0.2, -0.15) is 0 Å². The first-order valence-electron chi connectivity index (χ1n) is 5.83. The van der Waals surface area contributed by atoms with Crippen molar-refractivity contribution >= 4 is 22.5 Å². The highest BCUT2D eigenvalue weighted by Crippen LogP contribution is 2.31. The van der Waals surface area contributed by atoms with Gasteiger partial charge >= 0.3 is 0 Å². The summed E-state index contributed by atoms with van der Waals surface area (Å²) >= 11 is 5.83. The van der Waals surface area contributed by atoms with Crippen molar-refractivity contribution in [2.75, 3.05) is 7.11 Å². The molecule has 0 radical (unpaired) electrons. The first-order valence-corrected chi connectivity index (χ1v) is 6.21. The molecule has 3 rings (SSSR count). The van der Waals surface area contributed by atoms with Crippen molar-refractivity contribution in [2.24, 2.45) is 0 Å². The predicted molar refractivity (Wildman–Crippen MR) is 76.5 cm³/mol. The van der Waals surface area contributed by atoms with Crippen molar-refractivity contribution in [3.8, 4) is 16.9 Å². The third-order valence-electron chi connectivity index (χ3n) is 2.95. The minimum Gasteiger partial charge on any atom is -0.494 e. The Hall–Kier alpha value is -2.13. The SMILES string of the molecule is COc1cc(-c2ccccc2)cc2cnc(Cl)nc12. The number of hydrogen-bond donors (Lipinski definition) is 0. The molecule has 19 heavy (non-hydrogen) atoms. The molecular weight excluding hydrogens is 260 g/mol. The van der Waals surface area contributed by atoms with E-state index in [-0.39, 0.29) is 5.28 Å². The van der Waals surface area contributed by atoms with Gasteiger partial charge in [0.2, 0.25) is 5.28 Å². The number of methoxy groups -OCH3 is 1. The van der Waals surface area contributed by atoms with Crippen LogP contribution in [0, 0.1) is 0 Å². The van der Waals surface area contributed by atoms with Crippen LogP contribution in [0.1, 0.15) is 0 Å². The van der Waals surface area contributed by atoms with Gasteiger partial charge in [0.1, 0.15) is 11.3 Å². The smallest absolute Gasteiger partial charge is 0.223 e. The van der Waals surface area contributed by atoms with Crippen molar-refractivity contribution in [3.63, 3.8) is 0 Å². The lowest BCUT2D eigenvalue weighted by atomic mass is 10.0. The Bertz CT molecular complexity index is 729. The summed E-state index contributed by atoms with van der Waals surface area (Å²) in [5, 5.41) is 1.13. The van der Waals surface area contributed by atoms with Crippen molar-refractivity contribution in [1.82, 2.24) is 9.97 Å². The number of aromatic nitrogens is 2. The van der Waals surface area contributed by atoms with E-state index in [1.54, 1.807) is 13.3 Å². The third-order valence-corrected chi connectivity index (χ3v) is 3.13. The molecular formula is C15H11ClN2O. The number of rotatable bonds is 2. The minimum absolute atomic E-state index is 0.221. The van der Waals surface area contributed by atoms with Gasteiger partial charge in [-0.05, 0) is 34.9 Å². The molecule has 0 atom stereocenters. The summed E-state index contributed by atoms with van der Waals surface area (Å²) in [6, 6.07) is 14.1. The van der Waals surface area contributed by atoms with E-state index in [9.17, 15) is 0 Å². The minimum atomic E-state index is 0.221. The Kier molecular flexibility index (Phi) is 3.05. The molecule has 3 nitrogen and oxygen atoms in total. The molecule has 0 saturated heterocycles. The molecule has 0 aliphatic rings. The van der Waals surface area contributed by atoms with E-state index in [4.69, 9.17) is 16.3 Å². The summed E-state index contributed by atoms with van der Waals surface area (Å²) in [5.41, 5.74) is 2.91. The number of nitrogens with zero attached hydrogens (tertiary/aromatic N) is 2. The maximum absolute atomic E-state index is 5.83. The highest BCUT2D eigenvalue weighted by molar-refractivity contribution is 6.28. The Morgan fingerprint density at radius 2 is 1.84 bits per heavy atom. The van der Waals surface area contributed by atoms with Gasteiger partial charge in [-0.25, -0.2) is 9.97 Å². The second-order valence-electron chi connectivity index (χ2n) is 4.12. The van der Waals surface area contributed by atoms with Crippen LogP contribution in [0.3, 0.4) is 0 Å². The van der Waals surface area contributed by atoms with Gasteiger partial charge in [-0.15, -0.1) is 0 Å². The second kappa shape index (κ2) is 4.86. The van der Waals surface area contributed by atoms with E-state index >= 15 is 0 Å². The van der Waals surface area contributed by atoms with Crippen LogP contribution in [0.2, 0.25) is 5.28 Å². The van der Waals surface area contributed by atoms with E-state index in [1.165, 1.54) is 0 Å². The number of halogens is 1. The first kappa shape index (κ1) is 11.9. The zero-order valence-corrected chi connectivity index (χ0v) is 11.1. The lowest BCUT2D eigenvalue weighted by Crippen LogP contribution is -1.91. The molecule has 94 valence electrons. The van der Waals surface area contributed by atoms with Gasteiger partial charge in [0.05, 0.1) is 7.11 Å². The summed E-state index contributed by atoms with van der Waals surface area (Å²) in [4.78, 5) is 8.23. The Labute approximate surface area is 115 Å². The van der Waals surface area contributed by atoms with E-state index in [2.05, 4.69) is 22.1 Å². The van der Waals surface area contributed by atoms with Crippen molar-refractivity contribution in [3.05, 3.63) is 53.9 Å². The van der Waals surface area contributed by atoms with Crippen LogP contribution in [0.25, 0.3) is 22.0 Å². The average molecular weight is 271 g/mol. The van der Waals surface area contributed by atoms with Gasteiger partial charge < -0.3 is 4.74 Å². The molecule has 1 heterocycles. The zero-order valence-electron chi connectivity index (χ0n) is 10.3. The van der Waals surface area contributed by atoms with Gasteiger partial charge in [-0.3, -0.25) is 0 Å². The lowest BCUT2D eigenvalue weighted by molar-refractivity contribution is 0.419. The van der Waals surface area contributed by atoms with Crippen LogP contribution in [-0.4, -0.2) is 17.1 Å². The van der Waals surface area contributed by atoms with Gasteiger partial charge in [0.25, 0.3) is 0 Å². The molecule has 0 aliphatic heterocycles. The standard InChI is InChI=1S/C15H11ClN2O/c1-19-13-8-11(10-5-3-2-4-6-10)7-12-9-17-15(16)18-14(12)13/h2-9H,1H3. The monoisotopic (exact) mass is 270 g/mol. The van der Waals surface area contributed by atoms with Crippen LogP contribution in [0.15, 0.2) is 48.7 Å². The third kappa shape index (κ3) is 2.25. The van der Waals surface area contributed by atoms with E-state index in [0.29, 0.717) is 5.75 Å². The number of ether oxygens (including phenoxy) is 1. The predicted octanol–water partition coefficient (Wildman–Crippen LogP) is 3.96. The second-order valence-corrected chi connectivity index (χ2v) is 4.46. The van der Waals surface area contributed by atoms with Gasteiger partial charge in [0.15, 0.2) is 0 Å². The highest BCUT2D eigenvalue weighted by atomic mass is 35.5. The molecule has 0 saturated carbocycles. The summed E-state index contributed by atoms with van der Waals surface area (Å²) in [6.07, 6.45) is 1.71. The van der Waals surface area contributed by atoms with E-state index in [1.807, 2.05) is 30.3 Å². The molecule has 0 spiro atoms. The summed E-state index contributed by atoms with van der Waals surface area (Å²) in [7, 11) is 1.62. The molecule has 2 aromatic carbocycles. The maximum Gasteiger partial charge on any atom is 0.223 e. The Morgan fingerprint density at radius 1 is 1.05 bits per heavy atom. The highest BCUT2D eigenvalue weighted by Gasteiger charge is 2.08. The Morgan fingerprint density at radius 3 is 2.58 bits per heavy atom. The molecule has 4 heteroatoms. The van der Waals surface area contributed by atoms with Crippen LogP contribution in [-0.2, 0) is 0 Å². The molecule has 0 aliphatic carbocycles. The van der Waals surface area contributed by atoms with Crippen LogP contribution < -0.4 is 4.74 Å². The first-order chi connectivity index (χ1) is 9.28. The van der Waals surface area contributed by atoms with E-state index < -0.39 is 0 Å². The summed E-state index contributed by atoms with van der Waals surface area (Å²) < 4.78 is 5.40. The quantitative estimate of drug-likeness (QED) is 0.661. The fourth-order valence-electron chi connectivity index (χ4n) is 2.04. The molecule has 1 aromatic heterocycles. The number of benzene rings is 2. The number of hydrogen-bond acceptors (Lipinski definition) is 3. The Balaban J connectivity index is 2.26. The fraction of sp³-hybridized carbons (Fsp3) is 0.0667. The molecule has 0 bridgehead atoms. The van der Waals surface area contributed by atoms with Crippen molar-refractivity contribution in [2.45, 2.75) is 0 Å². The van der Waals surface area contributed by atoms with Crippen molar-refractivity contribution < 1.29 is 4.74 Å². The lowest BCUT2D eigenvalue weighted by Gasteiger charge is -2.08.